The normalized spacial score (nSPS) is 26.3. The molecular formula is C16H18N2O4S. The second-order valence-corrected chi connectivity index (χ2v) is 7.59. The summed E-state index contributed by atoms with van der Waals surface area (Å²) in [5, 5.41) is 11.8. The van der Waals surface area contributed by atoms with Crippen LogP contribution in [0.1, 0.15) is 35.7 Å². The standard InChI is InChI=1S/C16H18N2O4S/c1-9-7-10(3-4-11(9)15(21)22)17-14(20)12-8-23-16(2)6-5-13(19)18(12)16/h3-4,7,12H,5-6,8H2,1-2H3,(H,17,20)(H,21,22). The first kappa shape index (κ1) is 15.9. The molecule has 0 radical (unpaired) electrons. The molecule has 1 aromatic rings. The number of amides is 2. The summed E-state index contributed by atoms with van der Waals surface area (Å²) in [6.07, 6.45) is 1.26. The Morgan fingerprint density at radius 3 is 2.83 bits per heavy atom. The average Bonchev–Trinajstić information content (AvgIpc) is 2.96. The van der Waals surface area contributed by atoms with Crippen molar-refractivity contribution in [3.05, 3.63) is 29.3 Å². The van der Waals surface area contributed by atoms with E-state index in [9.17, 15) is 14.4 Å². The van der Waals surface area contributed by atoms with E-state index in [1.165, 1.54) is 6.07 Å². The van der Waals surface area contributed by atoms with Crippen molar-refractivity contribution < 1.29 is 19.5 Å². The topological polar surface area (TPSA) is 86.7 Å². The van der Waals surface area contributed by atoms with Crippen molar-refractivity contribution >= 4 is 35.2 Å². The van der Waals surface area contributed by atoms with Gasteiger partial charge in [-0.3, -0.25) is 9.59 Å². The summed E-state index contributed by atoms with van der Waals surface area (Å²) >= 11 is 1.64. The Hall–Kier alpha value is -2.02. The van der Waals surface area contributed by atoms with E-state index in [4.69, 9.17) is 5.11 Å². The summed E-state index contributed by atoms with van der Waals surface area (Å²) in [4.78, 5) is 37.1. The van der Waals surface area contributed by atoms with Crippen LogP contribution in [0.4, 0.5) is 5.69 Å². The summed E-state index contributed by atoms with van der Waals surface area (Å²) in [6, 6.07) is 4.21. The van der Waals surface area contributed by atoms with E-state index in [0.717, 1.165) is 6.42 Å². The third-order valence-corrected chi connectivity index (χ3v) is 5.98. The van der Waals surface area contributed by atoms with E-state index in [0.29, 0.717) is 23.4 Å². The Kier molecular flexibility index (Phi) is 3.83. The summed E-state index contributed by atoms with van der Waals surface area (Å²) in [7, 11) is 0. The van der Waals surface area contributed by atoms with Gasteiger partial charge in [-0.05, 0) is 44.0 Å². The fourth-order valence-corrected chi connectivity index (χ4v) is 4.65. The molecule has 0 aliphatic carbocycles. The third-order valence-electron chi connectivity index (χ3n) is 4.47. The van der Waals surface area contributed by atoms with Gasteiger partial charge in [-0.15, -0.1) is 11.8 Å². The van der Waals surface area contributed by atoms with Crippen LogP contribution >= 0.6 is 11.8 Å². The number of rotatable bonds is 3. The second-order valence-electron chi connectivity index (χ2n) is 6.09. The first-order valence-corrected chi connectivity index (χ1v) is 8.41. The molecule has 23 heavy (non-hydrogen) atoms. The zero-order valence-electron chi connectivity index (χ0n) is 13.0. The van der Waals surface area contributed by atoms with Gasteiger partial charge in [0, 0.05) is 17.9 Å². The van der Waals surface area contributed by atoms with E-state index in [1.807, 2.05) is 6.92 Å². The molecule has 122 valence electrons. The lowest BCUT2D eigenvalue weighted by atomic mass is 10.1. The minimum absolute atomic E-state index is 0.0232. The minimum Gasteiger partial charge on any atom is -0.478 e. The van der Waals surface area contributed by atoms with Crippen LogP contribution in [0.5, 0.6) is 0 Å². The Morgan fingerprint density at radius 2 is 2.17 bits per heavy atom. The lowest BCUT2D eigenvalue weighted by Gasteiger charge is -2.29. The number of nitrogens with one attached hydrogen (secondary N) is 1. The molecule has 0 spiro atoms. The predicted molar refractivity (Wildman–Crippen MR) is 87.5 cm³/mol. The number of thioether (sulfide) groups is 1. The SMILES string of the molecule is Cc1cc(NC(=O)C2CSC3(C)CCC(=O)N23)ccc1C(=O)O. The first-order valence-electron chi connectivity index (χ1n) is 7.43. The quantitative estimate of drug-likeness (QED) is 0.884. The van der Waals surface area contributed by atoms with Crippen LogP contribution in [-0.4, -0.2) is 44.5 Å². The molecule has 0 saturated carbocycles. The highest BCUT2D eigenvalue weighted by Gasteiger charge is 2.52. The number of carboxylic acids is 1. The highest BCUT2D eigenvalue weighted by Crippen LogP contribution is 2.47. The van der Waals surface area contributed by atoms with E-state index in [1.54, 1.807) is 35.7 Å². The molecule has 2 saturated heterocycles. The number of carboxylic acid groups (broad SMARTS) is 1. The van der Waals surface area contributed by atoms with E-state index in [2.05, 4.69) is 5.32 Å². The van der Waals surface area contributed by atoms with Gasteiger partial charge in [0.2, 0.25) is 11.8 Å². The Morgan fingerprint density at radius 1 is 1.43 bits per heavy atom. The molecule has 0 bridgehead atoms. The number of carbonyl (C=O) groups is 3. The number of anilines is 1. The zero-order valence-corrected chi connectivity index (χ0v) is 13.8. The Labute approximate surface area is 138 Å². The molecule has 2 heterocycles. The molecule has 2 N–H and O–H groups in total. The summed E-state index contributed by atoms with van der Waals surface area (Å²) in [5.41, 5.74) is 1.34. The lowest BCUT2D eigenvalue weighted by Crippen LogP contribution is -2.48. The molecule has 7 heteroatoms. The molecule has 2 aliphatic heterocycles. The number of aryl methyl sites for hydroxylation is 1. The van der Waals surface area contributed by atoms with Crippen LogP contribution in [0.15, 0.2) is 18.2 Å². The highest BCUT2D eigenvalue weighted by molar-refractivity contribution is 8.01. The largest absolute Gasteiger partial charge is 0.478 e. The maximum absolute atomic E-state index is 12.5. The van der Waals surface area contributed by atoms with Gasteiger partial charge in [-0.25, -0.2) is 4.79 Å². The molecule has 2 unspecified atom stereocenters. The van der Waals surface area contributed by atoms with Gasteiger partial charge in [-0.1, -0.05) is 0 Å². The molecule has 2 fully saturated rings. The van der Waals surface area contributed by atoms with Crippen molar-refractivity contribution in [1.82, 2.24) is 4.90 Å². The first-order chi connectivity index (χ1) is 10.8. The van der Waals surface area contributed by atoms with Crippen molar-refractivity contribution in [2.45, 2.75) is 37.6 Å². The average molecular weight is 334 g/mol. The van der Waals surface area contributed by atoms with Crippen molar-refractivity contribution in [1.29, 1.82) is 0 Å². The van der Waals surface area contributed by atoms with Gasteiger partial charge in [0.15, 0.2) is 0 Å². The number of hydrogen-bond donors (Lipinski definition) is 2. The fraction of sp³-hybridized carbons (Fsp3) is 0.438. The second kappa shape index (κ2) is 5.56. The smallest absolute Gasteiger partial charge is 0.335 e. The van der Waals surface area contributed by atoms with Crippen molar-refractivity contribution in [2.75, 3.05) is 11.1 Å². The monoisotopic (exact) mass is 334 g/mol. The summed E-state index contributed by atoms with van der Waals surface area (Å²) in [5.74, 6) is -0.611. The van der Waals surface area contributed by atoms with Gasteiger partial charge in [0.25, 0.3) is 0 Å². The van der Waals surface area contributed by atoms with E-state index in [-0.39, 0.29) is 22.2 Å². The van der Waals surface area contributed by atoms with Gasteiger partial charge in [0.1, 0.15) is 6.04 Å². The Balaban J connectivity index is 1.76. The molecule has 6 nitrogen and oxygen atoms in total. The van der Waals surface area contributed by atoms with Crippen molar-refractivity contribution in [3.8, 4) is 0 Å². The van der Waals surface area contributed by atoms with Gasteiger partial charge < -0.3 is 15.3 Å². The zero-order chi connectivity index (χ0) is 16.8. The van der Waals surface area contributed by atoms with Gasteiger partial charge >= 0.3 is 5.97 Å². The number of aromatic carboxylic acids is 1. The van der Waals surface area contributed by atoms with Crippen LogP contribution in [0.3, 0.4) is 0 Å². The molecular weight excluding hydrogens is 316 g/mol. The summed E-state index contributed by atoms with van der Waals surface area (Å²) < 4.78 is 0. The van der Waals surface area contributed by atoms with Gasteiger partial charge in [-0.2, -0.15) is 0 Å². The van der Waals surface area contributed by atoms with Crippen LogP contribution in [-0.2, 0) is 9.59 Å². The maximum atomic E-state index is 12.5. The highest BCUT2D eigenvalue weighted by atomic mass is 32.2. The van der Waals surface area contributed by atoms with E-state index < -0.39 is 12.0 Å². The number of nitrogens with zero attached hydrogens (tertiary/aromatic N) is 1. The van der Waals surface area contributed by atoms with Crippen LogP contribution < -0.4 is 5.32 Å². The summed E-state index contributed by atoms with van der Waals surface area (Å²) in [6.45, 7) is 3.69. The third kappa shape index (κ3) is 2.69. The van der Waals surface area contributed by atoms with Crippen LogP contribution in [0.2, 0.25) is 0 Å². The van der Waals surface area contributed by atoms with E-state index >= 15 is 0 Å². The number of fused-ring (bicyclic) bond motifs is 1. The fourth-order valence-electron chi connectivity index (χ4n) is 3.22. The van der Waals surface area contributed by atoms with Crippen molar-refractivity contribution in [3.63, 3.8) is 0 Å². The number of carbonyl (C=O) groups excluding carboxylic acids is 2. The minimum atomic E-state index is -0.994. The van der Waals surface area contributed by atoms with Crippen LogP contribution in [0.25, 0.3) is 0 Å². The Bertz CT molecular complexity index is 705. The molecule has 2 amide bonds. The number of benzene rings is 1. The molecule has 1 aromatic carbocycles. The molecule has 0 aromatic heterocycles. The molecule has 3 rings (SSSR count). The van der Waals surface area contributed by atoms with Crippen LogP contribution in [0, 0.1) is 6.92 Å². The lowest BCUT2D eigenvalue weighted by molar-refractivity contribution is -0.135. The predicted octanol–water partition coefficient (Wildman–Crippen LogP) is 2.09. The molecule has 2 atom stereocenters. The molecule has 2 aliphatic rings. The maximum Gasteiger partial charge on any atom is 0.335 e. The van der Waals surface area contributed by atoms with Crippen molar-refractivity contribution in [2.24, 2.45) is 0 Å². The number of hydrogen-bond acceptors (Lipinski definition) is 4. The van der Waals surface area contributed by atoms with Gasteiger partial charge in [0.05, 0.1) is 10.4 Å².